The third kappa shape index (κ3) is 3.59. The first-order valence-electron chi connectivity index (χ1n) is 5.18. The number of thiophene rings is 1. The van der Waals surface area contributed by atoms with Crippen LogP contribution in [0.2, 0.25) is 4.34 Å². The molecule has 0 saturated heterocycles. The summed E-state index contributed by atoms with van der Waals surface area (Å²) in [5, 5.41) is 3.38. The smallest absolute Gasteiger partial charge is 0.0931 e. The summed E-state index contributed by atoms with van der Waals surface area (Å²) in [5.74, 6) is 0. The van der Waals surface area contributed by atoms with Gasteiger partial charge in [-0.15, -0.1) is 11.3 Å². The number of hydrogen-bond acceptors (Lipinski definition) is 3. The summed E-state index contributed by atoms with van der Waals surface area (Å²) < 4.78 is 0.863. The Bertz CT molecular complexity index is 428. The average Bonchev–Trinajstić information content (AvgIpc) is 2.72. The maximum Gasteiger partial charge on any atom is 0.0931 e. The fourth-order valence-corrected chi connectivity index (χ4v) is 2.52. The lowest BCUT2D eigenvalue weighted by Crippen LogP contribution is -2.16. The van der Waals surface area contributed by atoms with E-state index in [0.717, 1.165) is 23.8 Å². The Morgan fingerprint density at radius 3 is 2.94 bits per heavy atom. The quantitative estimate of drug-likeness (QED) is 0.827. The minimum atomic E-state index is 0.863. The van der Waals surface area contributed by atoms with E-state index in [1.54, 1.807) is 17.5 Å². The first-order valence-corrected chi connectivity index (χ1v) is 6.38. The summed E-state index contributed by atoms with van der Waals surface area (Å²) in [6.07, 6.45) is 4.70. The molecule has 16 heavy (non-hydrogen) atoms. The van der Waals surface area contributed by atoms with Gasteiger partial charge in [0, 0.05) is 30.4 Å². The van der Waals surface area contributed by atoms with Crippen molar-refractivity contribution in [3.63, 3.8) is 0 Å². The predicted molar refractivity (Wildman–Crippen MR) is 69.0 cm³/mol. The van der Waals surface area contributed by atoms with Crippen molar-refractivity contribution in [1.29, 1.82) is 0 Å². The second-order valence-corrected chi connectivity index (χ2v) is 5.29. The summed E-state index contributed by atoms with van der Waals surface area (Å²) in [4.78, 5) is 5.39. The number of halogens is 1. The summed E-state index contributed by atoms with van der Waals surface area (Å²) in [5.41, 5.74) is 1.21. The summed E-state index contributed by atoms with van der Waals surface area (Å²) in [7, 11) is 0. The van der Waals surface area contributed by atoms with Gasteiger partial charge in [0.1, 0.15) is 0 Å². The van der Waals surface area contributed by atoms with Gasteiger partial charge in [0.2, 0.25) is 0 Å². The van der Waals surface area contributed by atoms with Crippen molar-refractivity contribution in [1.82, 2.24) is 10.3 Å². The van der Waals surface area contributed by atoms with Crippen LogP contribution >= 0.6 is 22.9 Å². The Morgan fingerprint density at radius 1 is 1.31 bits per heavy atom. The van der Waals surface area contributed by atoms with Crippen molar-refractivity contribution >= 4 is 22.9 Å². The SMILES string of the molecule is Clc1ccc(CCNCc2cccnc2)s1. The van der Waals surface area contributed by atoms with Gasteiger partial charge in [-0.3, -0.25) is 4.98 Å². The molecule has 2 nitrogen and oxygen atoms in total. The first-order chi connectivity index (χ1) is 7.84. The molecule has 0 fully saturated rings. The molecule has 0 aliphatic heterocycles. The van der Waals surface area contributed by atoms with Crippen LogP contribution in [-0.4, -0.2) is 11.5 Å². The second kappa shape index (κ2) is 5.99. The molecule has 0 atom stereocenters. The molecule has 2 heterocycles. The van der Waals surface area contributed by atoms with E-state index >= 15 is 0 Å². The summed E-state index contributed by atoms with van der Waals surface area (Å²) >= 11 is 7.51. The van der Waals surface area contributed by atoms with E-state index in [4.69, 9.17) is 11.6 Å². The van der Waals surface area contributed by atoms with Crippen molar-refractivity contribution in [3.05, 3.63) is 51.4 Å². The Hall–Kier alpha value is -0.900. The van der Waals surface area contributed by atoms with Crippen LogP contribution in [0.5, 0.6) is 0 Å². The van der Waals surface area contributed by atoms with E-state index in [9.17, 15) is 0 Å². The van der Waals surface area contributed by atoms with Crippen molar-refractivity contribution in [2.24, 2.45) is 0 Å². The van der Waals surface area contributed by atoms with Crippen LogP contribution in [0.1, 0.15) is 10.4 Å². The molecule has 0 bridgehead atoms. The molecule has 0 aliphatic rings. The maximum atomic E-state index is 5.86. The molecule has 0 aliphatic carbocycles. The van der Waals surface area contributed by atoms with Crippen LogP contribution in [0.4, 0.5) is 0 Å². The molecule has 0 unspecified atom stereocenters. The van der Waals surface area contributed by atoms with Crippen molar-refractivity contribution in [2.75, 3.05) is 6.54 Å². The Kier molecular flexibility index (Phi) is 4.34. The summed E-state index contributed by atoms with van der Waals surface area (Å²) in [6.45, 7) is 1.83. The van der Waals surface area contributed by atoms with Gasteiger partial charge in [-0.25, -0.2) is 0 Å². The third-order valence-corrected chi connectivity index (χ3v) is 3.52. The van der Waals surface area contributed by atoms with Crippen LogP contribution in [0.15, 0.2) is 36.7 Å². The fourth-order valence-electron chi connectivity index (χ4n) is 1.43. The molecule has 0 saturated carbocycles. The van der Waals surface area contributed by atoms with Gasteiger partial charge in [0.25, 0.3) is 0 Å². The molecule has 84 valence electrons. The number of hydrogen-bond donors (Lipinski definition) is 1. The number of aromatic nitrogens is 1. The van der Waals surface area contributed by atoms with Crippen molar-refractivity contribution < 1.29 is 0 Å². The number of nitrogens with one attached hydrogen (secondary N) is 1. The van der Waals surface area contributed by atoms with E-state index in [1.807, 2.05) is 18.3 Å². The molecular formula is C12H13ClN2S. The molecule has 0 spiro atoms. The zero-order valence-corrected chi connectivity index (χ0v) is 10.4. The molecule has 0 radical (unpaired) electrons. The maximum absolute atomic E-state index is 5.86. The van der Waals surface area contributed by atoms with E-state index in [0.29, 0.717) is 0 Å². The highest BCUT2D eigenvalue weighted by atomic mass is 35.5. The van der Waals surface area contributed by atoms with Gasteiger partial charge < -0.3 is 5.32 Å². The topological polar surface area (TPSA) is 24.9 Å². The zero-order chi connectivity index (χ0) is 11.2. The van der Waals surface area contributed by atoms with Crippen LogP contribution in [0, 0.1) is 0 Å². The van der Waals surface area contributed by atoms with Crippen LogP contribution in [0.25, 0.3) is 0 Å². The van der Waals surface area contributed by atoms with Crippen LogP contribution in [0.3, 0.4) is 0 Å². The normalized spacial score (nSPS) is 10.6. The van der Waals surface area contributed by atoms with Gasteiger partial charge in [-0.1, -0.05) is 17.7 Å². The highest BCUT2D eigenvalue weighted by Gasteiger charge is 1.97. The van der Waals surface area contributed by atoms with Gasteiger partial charge in [-0.2, -0.15) is 0 Å². The first kappa shape index (κ1) is 11.6. The molecule has 0 aromatic carbocycles. The van der Waals surface area contributed by atoms with Gasteiger partial charge >= 0.3 is 0 Å². The van der Waals surface area contributed by atoms with Gasteiger partial charge in [-0.05, 0) is 30.2 Å². The van der Waals surface area contributed by atoms with Crippen LogP contribution < -0.4 is 5.32 Å². The second-order valence-electron chi connectivity index (χ2n) is 3.49. The van der Waals surface area contributed by atoms with Gasteiger partial charge in [0.05, 0.1) is 4.34 Å². The monoisotopic (exact) mass is 252 g/mol. The molecule has 2 aromatic rings. The Morgan fingerprint density at radius 2 is 2.25 bits per heavy atom. The largest absolute Gasteiger partial charge is 0.312 e. The highest BCUT2D eigenvalue weighted by Crippen LogP contribution is 2.21. The third-order valence-electron chi connectivity index (χ3n) is 2.23. The minimum Gasteiger partial charge on any atom is -0.312 e. The molecule has 1 N–H and O–H groups in total. The number of nitrogens with zero attached hydrogens (tertiary/aromatic N) is 1. The number of rotatable bonds is 5. The molecular weight excluding hydrogens is 240 g/mol. The van der Waals surface area contributed by atoms with Crippen molar-refractivity contribution in [2.45, 2.75) is 13.0 Å². The van der Waals surface area contributed by atoms with Crippen molar-refractivity contribution in [3.8, 4) is 0 Å². The highest BCUT2D eigenvalue weighted by molar-refractivity contribution is 7.16. The molecule has 0 amide bonds. The van der Waals surface area contributed by atoms with E-state index in [-0.39, 0.29) is 0 Å². The molecule has 4 heteroatoms. The Labute approximate surface area is 104 Å². The molecule has 2 aromatic heterocycles. The molecule has 2 rings (SSSR count). The zero-order valence-electron chi connectivity index (χ0n) is 8.82. The standard InChI is InChI=1S/C12H13ClN2S/c13-12-4-3-11(16-12)5-7-15-9-10-2-1-6-14-8-10/h1-4,6,8,15H,5,7,9H2. The fraction of sp³-hybridized carbons (Fsp3) is 0.250. The van der Waals surface area contributed by atoms with Crippen LogP contribution in [-0.2, 0) is 13.0 Å². The van der Waals surface area contributed by atoms with E-state index in [1.165, 1.54) is 10.4 Å². The predicted octanol–water partition coefficient (Wildman–Crippen LogP) is 3.13. The van der Waals surface area contributed by atoms with E-state index in [2.05, 4.69) is 22.4 Å². The average molecular weight is 253 g/mol. The van der Waals surface area contributed by atoms with Gasteiger partial charge in [0.15, 0.2) is 0 Å². The Balaban J connectivity index is 1.69. The van der Waals surface area contributed by atoms with E-state index < -0.39 is 0 Å². The lowest BCUT2D eigenvalue weighted by atomic mass is 10.3. The lowest BCUT2D eigenvalue weighted by Gasteiger charge is -2.02. The minimum absolute atomic E-state index is 0.863. The number of pyridine rings is 1. The summed E-state index contributed by atoms with van der Waals surface area (Å²) in [6, 6.07) is 8.06. The lowest BCUT2D eigenvalue weighted by molar-refractivity contribution is 0.689.